The van der Waals surface area contributed by atoms with Gasteiger partial charge >= 0.3 is 0 Å². The van der Waals surface area contributed by atoms with Gasteiger partial charge in [0.05, 0.1) is 10.4 Å². The first-order valence-electron chi connectivity index (χ1n) is 6.60. The van der Waals surface area contributed by atoms with Crippen LogP contribution in [0.25, 0.3) is 0 Å². The number of rotatable bonds is 2. The van der Waals surface area contributed by atoms with E-state index in [2.05, 4.69) is 6.07 Å². The van der Waals surface area contributed by atoms with Gasteiger partial charge in [-0.25, -0.2) is 0 Å². The Morgan fingerprint density at radius 1 is 1.35 bits per heavy atom. The highest BCUT2D eigenvalue weighted by Crippen LogP contribution is 2.72. The Kier molecular flexibility index (Phi) is 2.23. The summed E-state index contributed by atoms with van der Waals surface area (Å²) in [5, 5.41) is 10.5. The fraction of sp³-hybridized carbons (Fsp3) is 0.714. The van der Waals surface area contributed by atoms with Crippen molar-refractivity contribution >= 4 is 22.9 Å². The average Bonchev–Trinajstić information content (AvgIpc) is 2.60. The highest BCUT2D eigenvalue weighted by molar-refractivity contribution is 7.16. The average molecular weight is 269 g/mol. The van der Waals surface area contributed by atoms with E-state index < -0.39 is 0 Å². The topological polar surface area (TPSA) is 20.2 Å². The molecule has 0 amide bonds. The number of hydrogen-bond acceptors (Lipinski definition) is 2. The van der Waals surface area contributed by atoms with Crippen molar-refractivity contribution < 1.29 is 5.11 Å². The maximum absolute atomic E-state index is 10.5. The number of halogens is 1. The van der Waals surface area contributed by atoms with Gasteiger partial charge in [-0.3, -0.25) is 0 Å². The number of hydrogen-bond donors (Lipinski definition) is 1. The Labute approximate surface area is 111 Å². The molecule has 3 heteroatoms. The molecule has 0 spiro atoms. The van der Waals surface area contributed by atoms with Crippen LogP contribution in [0.1, 0.15) is 35.8 Å². The zero-order valence-electron chi connectivity index (χ0n) is 9.90. The minimum atomic E-state index is -0.246. The van der Waals surface area contributed by atoms with E-state index in [0.29, 0.717) is 5.92 Å². The number of aryl methyl sites for hydroxylation is 1. The molecule has 5 atom stereocenters. The zero-order chi connectivity index (χ0) is 11.7. The monoisotopic (exact) mass is 268 g/mol. The van der Waals surface area contributed by atoms with Crippen molar-refractivity contribution in [3.8, 4) is 0 Å². The molecule has 92 valence electrons. The fourth-order valence-electron chi connectivity index (χ4n) is 4.63. The van der Waals surface area contributed by atoms with Crippen molar-refractivity contribution in [1.82, 2.24) is 0 Å². The van der Waals surface area contributed by atoms with Crippen molar-refractivity contribution in [2.45, 2.75) is 32.3 Å². The molecule has 3 aliphatic carbocycles. The molecule has 3 saturated carbocycles. The molecule has 1 heterocycles. The molecule has 0 radical (unpaired) electrons. The van der Waals surface area contributed by atoms with E-state index in [9.17, 15) is 5.11 Å². The molecule has 3 aliphatic rings. The van der Waals surface area contributed by atoms with Crippen LogP contribution in [0.2, 0.25) is 4.34 Å². The molecule has 5 unspecified atom stereocenters. The van der Waals surface area contributed by atoms with Crippen LogP contribution in [0.3, 0.4) is 0 Å². The first-order chi connectivity index (χ1) is 8.16. The molecule has 3 fully saturated rings. The largest absolute Gasteiger partial charge is 0.387 e. The quantitative estimate of drug-likeness (QED) is 0.858. The summed E-state index contributed by atoms with van der Waals surface area (Å²) in [6.07, 6.45) is 4.03. The van der Waals surface area contributed by atoms with Crippen molar-refractivity contribution in [2.24, 2.45) is 29.6 Å². The van der Waals surface area contributed by atoms with Crippen LogP contribution >= 0.6 is 22.9 Å². The lowest BCUT2D eigenvalue weighted by atomic mass is 9.98. The van der Waals surface area contributed by atoms with Gasteiger partial charge in [-0.1, -0.05) is 11.6 Å². The highest BCUT2D eigenvalue weighted by Gasteiger charge is 2.66. The molecule has 0 aliphatic heterocycles. The van der Waals surface area contributed by atoms with Crippen LogP contribution < -0.4 is 0 Å². The SMILES string of the molecule is Cc1cc(C(O)C2C3C4CCC(C4)C32)sc1Cl. The van der Waals surface area contributed by atoms with E-state index in [4.69, 9.17) is 11.6 Å². The molecule has 1 aromatic heterocycles. The second-order valence-corrected chi connectivity index (χ2v) is 7.80. The van der Waals surface area contributed by atoms with Crippen molar-refractivity contribution in [3.63, 3.8) is 0 Å². The molecular formula is C14H17ClOS. The lowest BCUT2D eigenvalue weighted by Crippen LogP contribution is -2.06. The predicted octanol–water partition coefficient (Wildman–Crippen LogP) is 4.04. The Balaban J connectivity index is 1.57. The number of fused-ring (bicyclic) bond motifs is 5. The lowest BCUT2D eigenvalue weighted by Gasteiger charge is -2.13. The fourth-order valence-corrected chi connectivity index (χ4v) is 5.90. The summed E-state index contributed by atoms with van der Waals surface area (Å²) < 4.78 is 0.841. The van der Waals surface area contributed by atoms with E-state index in [1.54, 1.807) is 11.3 Å². The third kappa shape index (κ3) is 1.41. The Morgan fingerprint density at radius 3 is 2.53 bits per heavy atom. The summed E-state index contributed by atoms with van der Waals surface area (Å²) in [5.41, 5.74) is 1.11. The molecule has 17 heavy (non-hydrogen) atoms. The molecule has 2 bridgehead atoms. The van der Waals surface area contributed by atoms with E-state index in [1.165, 1.54) is 19.3 Å². The number of aliphatic hydroxyl groups excluding tert-OH is 1. The van der Waals surface area contributed by atoms with Gasteiger partial charge in [0.25, 0.3) is 0 Å². The van der Waals surface area contributed by atoms with Gasteiger partial charge in [0.15, 0.2) is 0 Å². The van der Waals surface area contributed by atoms with Gasteiger partial charge in [0.2, 0.25) is 0 Å². The highest BCUT2D eigenvalue weighted by atomic mass is 35.5. The Morgan fingerprint density at radius 2 is 2.00 bits per heavy atom. The molecule has 1 nitrogen and oxygen atoms in total. The van der Waals surface area contributed by atoms with Gasteiger partial charge in [0, 0.05) is 4.88 Å². The minimum Gasteiger partial charge on any atom is -0.387 e. The number of aliphatic hydroxyl groups is 1. The van der Waals surface area contributed by atoms with E-state index >= 15 is 0 Å². The van der Waals surface area contributed by atoms with Crippen LogP contribution in [0.15, 0.2) is 6.07 Å². The van der Waals surface area contributed by atoms with E-state index in [0.717, 1.165) is 38.4 Å². The Hall–Kier alpha value is -0.0500. The molecule has 1 aromatic rings. The molecule has 0 aromatic carbocycles. The van der Waals surface area contributed by atoms with Crippen LogP contribution in [-0.2, 0) is 0 Å². The smallest absolute Gasteiger partial charge is 0.0961 e. The summed E-state index contributed by atoms with van der Waals surface area (Å²) in [5.74, 6) is 4.09. The summed E-state index contributed by atoms with van der Waals surface area (Å²) in [6, 6.07) is 2.08. The molecule has 0 saturated heterocycles. The molecule has 4 rings (SSSR count). The summed E-state index contributed by atoms with van der Waals surface area (Å²) in [4.78, 5) is 1.09. The third-order valence-electron chi connectivity index (χ3n) is 5.33. The van der Waals surface area contributed by atoms with Gasteiger partial charge in [-0.15, -0.1) is 11.3 Å². The lowest BCUT2D eigenvalue weighted by molar-refractivity contribution is 0.133. The standard InChI is InChI=1S/C14H17ClOS/c1-6-4-9(17-14(6)15)13(16)12-10-7-2-3-8(5-7)11(10)12/h4,7-8,10-13,16H,2-3,5H2,1H3. The first kappa shape index (κ1) is 10.8. The summed E-state index contributed by atoms with van der Waals surface area (Å²) >= 11 is 7.66. The predicted molar refractivity (Wildman–Crippen MR) is 70.3 cm³/mol. The van der Waals surface area contributed by atoms with Crippen molar-refractivity contribution in [3.05, 3.63) is 20.8 Å². The third-order valence-corrected chi connectivity index (χ3v) is 6.95. The van der Waals surface area contributed by atoms with Crippen LogP contribution in [0, 0.1) is 36.5 Å². The summed E-state index contributed by atoms with van der Waals surface area (Å²) in [6.45, 7) is 2.02. The van der Waals surface area contributed by atoms with Gasteiger partial charge < -0.3 is 5.11 Å². The van der Waals surface area contributed by atoms with Gasteiger partial charge in [-0.05, 0) is 67.4 Å². The van der Waals surface area contributed by atoms with Crippen LogP contribution in [0.5, 0.6) is 0 Å². The maximum atomic E-state index is 10.5. The number of thiophene rings is 1. The maximum Gasteiger partial charge on any atom is 0.0961 e. The Bertz CT molecular complexity index is 433. The zero-order valence-corrected chi connectivity index (χ0v) is 11.5. The van der Waals surface area contributed by atoms with E-state index in [-0.39, 0.29) is 6.10 Å². The van der Waals surface area contributed by atoms with E-state index in [1.807, 2.05) is 6.92 Å². The van der Waals surface area contributed by atoms with Crippen molar-refractivity contribution in [2.75, 3.05) is 0 Å². The van der Waals surface area contributed by atoms with Crippen molar-refractivity contribution in [1.29, 1.82) is 0 Å². The second kappa shape index (κ2) is 3.49. The molecule has 1 N–H and O–H groups in total. The van der Waals surface area contributed by atoms with Crippen LogP contribution in [0.4, 0.5) is 0 Å². The van der Waals surface area contributed by atoms with Crippen LogP contribution in [-0.4, -0.2) is 5.11 Å². The normalized spacial score (nSPS) is 43.8. The minimum absolute atomic E-state index is 0.246. The first-order valence-corrected chi connectivity index (χ1v) is 7.80. The van der Waals surface area contributed by atoms with Gasteiger partial charge in [0.1, 0.15) is 0 Å². The van der Waals surface area contributed by atoms with Gasteiger partial charge in [-0.2, -0.15) is 0 Å². The second-order valence-electron chi connectivity index (χ2n) is 6.12. The summed E-state index contributed by atoms with van der Waals surface area (Å²) in [7, 11) is 0. The molecular weight excluding hydrogens is 252 g/mol.